The smallest absolute Gasteiger partial charge is 0.312 e. The molecular weight excluding hydrogens is 622 g/mol. The summed E-state index contributed by atoms with van der Waals surface area (Å²) in [5, 5.41) is 10.1. The third kappa shape index (κ3) is 20.6. The number of primary amides is 1. The molecule has 0 radical (unpaired) electrons. The van der Waals surface area contributed by atoms with E-state index in [0.717, 1.165) is 16.9 Å². The van der Waals surface area contributed by atoms with Gasteiger partial charge in [-0.05, 0) is 48.9 Å². The molecule has 0 spiro atoms. The Morgan fingerprint density at radius 2 is 1.46 bits per heavy atom. The van der Waals surface area contributed by atoms with Crippen molar-refractivity contribution in [1.29, 1.82) is 0 Å². The van der Waals surface area contributed by atoms with Gasteiger partial charge in [0.15, 0.2) is 0 Å². The van der Waals surface area contributed by atoms with Crippen LogP contribution in [-0.4, -0.2) is 79.7 Å². The van der Waals surface area contributed by atoms with Gasteiger partial charge in [0.25, 0.3) is 0 Å². The number of urea groups is 1. The summed E-state index contributed by atoms with van der Waals surface area (Å²) in [6.45, 7) is 14.7. The number of hydrogen-bond acceptors (Lipinski definition) is 9. The van der Waals surface area contributed by atoms with Gasteiger partial charge in [-0.15, -0.1) is 0 Å². The molecule has 272 valence electrons. The first-order chi connectivity index (χ1) is 22.5. The molecular formula is C33H57N7O8. The first kappa shape index (κ1) is 45.6. The summed E-state index contributed by atoms with van der Waals surface area (Å²) in [5.41, 5.74) is 10.5. The zero-order valence-electron chi connectivity index (χ0n) is 29.9. The lowest BCUT2D eigenvalue weighted by Crippen LogP contribution is -2.53. The number of nitrogens with one attached hydrogen (secondary N) is 4. The fourth-order valence-electron chi connectivity index (χ4n) is 3.46. The van der Waals surface area contributed by atoms with Crippen LogP contribution >= 0.6 is 0 Å². The molecule has 1 rings (SSSR count). The second kappa shape index (κ2) is 25.5. The number of esters is 1. The number of benzene rings is 1. The molecule has 1 aromatic carbocycles. The summed E-state index contributed by atoms with van der Waals surface area (Å²) in [5.74, 6) is -2.75. The van der Waals surface area contributed by atoms with Crippen molar-refractivity contribution >= 4 is 47.7 Å². The van der Waals surface area contributed by atoms with E-state index in [-0.39, 0.29) is 49.2 Å². The Morgan fingerprint density at radius 3 is 1.90 bits per heavy atom. The Morgan fingerprint density at radius 1 is 0.875 bits per heavy atom. The fraction of sp³-hybridized carbons (Fsp3) is 0.606. The first-order valence-corrected chi connectivity index (χ1v) is 16.0. The molecule has 7 amide bonds. The monoisotopic (exact) mass is 679 g/mol. The quantitative estimate of drug-likeness (QED) is 0.104. The molecule has 0 aliphatic carbocycles. The van der Waals surface area contributed by atoms with Crippen LogP contribution in [0.25, 0.3) is 0 Å². The molecule has 0 bridgehead atoms. The lowest BCUT2D eigenvalue weighted by Gasteiger charge is -2.24. The second-order valence-electron chi connectivity index (χ2n) is 11.9. The van der Waals surface area contributed by atoms with E-state index in [9.17, 15) is 33.6 Å². The third-order valence-corrected chi connectivity index (χ3v) is 6.72. The molecule has 15 nitrogen and oxygen atoms in total. The number of anilines is 1. The largest absolute Gasteiger partial charge is 0.461 e. The van der Waals surface area contributed by atoms with E-state index >= 15 is 0 Å². The lowest BCUT2D eigenvalue weighted by molar-refractivity contribution is -0.148. The SMILES string of the molecule is CC(C)C(=O)OCc1ccc(NC(=O)CNC(=O)C(NC(=O)CN(C=O)C(=O)CC(C)C(C)C)C(C)C)cc1.CCCNC(N)=O.CN. The number of carbonyl (C=O) groups excluding carboxylic acids is 7. The van der Waals surface area contributed by atoms with Gasteiger partial charge in [0.2, 0.25) is 30.0 Å². The summed E-state index contributed by atoms with van der Waals surface area (Å²) in [4.78, 5) is 83.6. The van der Waals surface area contributed by atoms with Gasteiger partial charge in [0.1, 0.15) is 19.2 Å². The van der Waals surface area contributed by atoms with E-state index in [1.165, 1.54) is 7.05 Å². The molecule has 0 aliphatic rings. The Labute approximate surface area is 284 Å². The maximum atomic E-state index is 12.7. The van der Waals surface area contributed by atoms with Crippen LogP contribution in [0.4, 0.5) is 10.5 Å². The Hall–Kier alpha value is -4.53. The topological polar surface area (TPSA) is 232 Å². The number of ether oxygens (including phenoxy) is 1. The van der Waals surface area contributed by atoms with Crippen molar-refractivity contribution in [3.63, 3.8) is 0 Å². The maximum absolute atomic E-state index is 12.7. The van der Waals surface area contributed by atoms with Crippen molar-refractivity contribution in [1.82, 2.24) is 20.9 Å². The minimum atomic E-state index is -0.976. The Bertz CT molecular complexity index is 1160. The van der Waals surface area contributed by atoms with E-state index in [2.05, 4.69) is 27.0 Å². The van der Waals surface area contributed by atoms with Gasteiger partial charge in [-0.1, -0.05) is 67.5 Å². The molecule has 0 aliphatic heterocycles. The van der Waals surface area contributed by atoms with Gasteiger partial charge in [-0.3, -0.25) is 33.7 Å². The van der Waals surface area contributed by atoms with Crippen molar-refractivity contribution < 1.29 is 38.3 Å². The summed E-state index contributed by atoms with van der Waals surface area (Å²) >= 11 is 0. The minimum absolute atomic E-state index is 0.0377. The van der Waals surface area contributed by atoms with Crippen LogP contribution in [0.2, 0.25) is 0 Å². The normalized spacial score (nSPS) is 11.4. The van der Waals surface area contributed by atoms with Crippen LogP contribution in [0.3, 0.4) is 0 Å². The molecule has 0 aromatic heterocycles. The first-order valence-electron chi connectivity index (χ1n) is 16.0. The molecule has 0 heterocycles. The van der Waals surface area contributed by atoms with E-state index in [4.69, 9.17) is 10.5 Å². The van der Waals surface area contributed by atoms with Crippen molar-refractivity contribution in [3.05, 3.63) is 29.8 Å². The van der Waals surface area contributed by atoms with E-state index in [1.807, 2.05) is 27.7 Å². The van der Waals surface area contributed by atoms with Crippen molar-refractivity contribution in [3.8, 4) is 0 Å². The summed E-state index contributed by atoms with van der Waals surface area (Å²) in [6.07, 6.45) is 1.37. The lowest BCUT2D eigenvalue weighted by atomic mass is 9.94. The highest BCUT2D eigenvalue weighted by Crippen LogP contribution is 2.15. The maximum Gasteiger partial charge on any atom is 0.312 e. The number of nitrogens with zero attached hydrogens (tertiary/aromatic N) is 1. The summed E-state index contributed by atoms with van der Waals surface area (Å²) in [7, 11) is 1.50. The predicted octanol–water partition coefficient (Wildman–Crippen LogP) is 1.89. The minimum Gasteiger partial charge on any atom is -0.461 e. The molecule has 2 unspecified atom stereocenters. The van der Waals surface area contributed by atoms with Crippen LogP contribution in [0.5, 0.6) is 0 Å². The van der Waals surface area contributed by atoms with E-state index in [0.29, 0.717) is 18.6 Å². The summed E-state index contributed by atoms with van der Waals surface area (Å²) in [6, 6.07) is 5.30. The number of carbonyl (C=O) groups is 7. The number of hydrogen-bond donors (Lipinski definition) is 6. The summed E-state index contributed by atoms with van der Waals surface area (Å²) < 4.78 is 5.17. The average molecular weight is 680 g/mol. The molecule has 48 heavy (non-hydrogen) atoms. The van der Waals surface area contributed by atoms with Crippen LogP contribution in [0.15, 0.2) is 24.3 Å². The average Bonchev–Trinajstić information content (AvgIpc) is 3.04. The predicted molar refractivity (Wildman–Crippen MR) is 184 cm³/mol. The second-order valence-corrected chi connectivity index (χ2v) is 11.9. The number of rotatable bonds is 17. The van der Waals surface area contributed by atoms with Crippen LogP contribution in [-0.2, 0) is 40.1 Å². The molecule has 8 N–H and O–H groups in total. The number of amides is 7. The van der Waals surface area contributed by atoms with Gasteiger partial charge in [0, 0.05) is 18.7 Å². The van der Waals surface area contributed by atoms with Crippen LogP contribution in [0, 0.1) is 23.7 Å². The standard InChI is InChI=1S/C28H42N4O7.C4H10N2O.CH5N/c1-17(2)20(7)12-25(36)32(16-33)14-24(35)31-26(18(3)4)27(37)29-13-23(34)30-22-10-8-21(9-11-22)15-39-28(38)19(5)6;1-2-3-6-4(5)7;1-2/h8-11,16-20,26H,12-15H2,1-7H3,(H,29,37)(H,30,34)(H,31,35);2-3H2,1H3,(H3,5,6,7);2H2,1H3. The highest BCUT2D eigenvalue weighted by Gasteiger charge is 2.27. The fourth-order valence-corrected chi connectivity index (χ4v) is 3.46. The molecule has 0 saturated carbocycles. The van der Waals surface area contributed by atoms with Gasteiger partial charge in [0.05, 0.1) is 12.5 Å². The third-order valence-electron chi connectivity index (χ3n) is 6.72. The van der Waals surface area contributed by atoms with Crippen molar-refractivity contribution in [2.24, 2.45) is 35.1 Å². The molecule has 0 fully saturated rings. The Balaban J connectivity index is 0. The molecule has 0 saturated heterocycles. The van der Waals surface area contributed by atoms with Gasteiger partial charge in [-0.2, -0.15) is 0 Å². The Kier molecular flexibility index (Phi) is 24.3. The van der Waals surface area contributed by atoms with Crippen LogP contribution < -0.4 is 32.7 Å². The number of nitrogens with two attached hydrogens (primary N) is 2. The van der Waals surface area contributed by atoms with E-state index < -0.39 is 42.2 Å². The zero-order chi connectivity index (χ0) is 37.4. The van der Waals surface area contributed by atoms with E-state index in [1.54, 1.807) is 52.0 Å². The highest BCUT2D eigenvalue weighted by molar-refractivity contribution is 5.97. The molecule has 15 heteroatoms. The van der Waals surface area contributed by atoms with Crippen molar-refractivity contribution in [2.75, 3.05) is 32.0 Å². The molecule has 2 atom stereocenters. The highest BCUT2D eigenvalue weighted by atomic mass is 16.5. The van der Waals surface area contributed by atoms with Crippen LogP contribution in [0.1, 0.15) is 73.8 Å². The molecule has 1 aromatic rings. The number of imide groups is 1. The van der Waals surface area contributed by atoms with Gasteiger partial charge in [-0.25, -0.2) is 4.79 Å². The zero-order valence-corrected chi connectivity index (χ0v) is 29.9. The van der Waals surface area contributed by atoms with Gasteiger partial charge >= 0.3 is 12.0 Å². The van der Waals surface area contributed by atoms with Gasteiger partial charge < -0.3 is 37.5 Å². The van der Waals surface area contributed by atoms with Crippen molar-refractivity contribution in [2.45, 2.75) is 80.9 Å².